The van der Waals surface area contributed by atoms with Crippen LogP contribution in [0.5, 0.6) is 0 Å². The maximum Gasteiger partial charge on any atom is 0.153 e. The Kier molecular flexibility index (Phi) is 3.61. The average molecular weight is 337 g/mol. The molecule has 0 saturated heterocycles. The number of allylic oxidation sites excluding steroid dienone is 1. The number of benzene rings is 2. The lowest BCUT2D eigenvalue weighted by atomic mass is 10.2. The van der Waals surface area contributed by atoms with Crippen molar-refractivity contribution in [3.05, 3.63) is 73.3 Å². The van der Waals surface area contributed by atoms with Gasteiger partial charge in [-0.2, -0.15) is 5.10 Å². The molecule has 0 atom stereocenters. The second-order valence-corrected chi connectivity index (χ2v) is 5.48. The second kappa shape index (κ2) is 5.94. The van der Waals surface area contributed by atoms with Crippen LogP contribution in [0.2, 0.25) is 0 Å². The van der Waals surface area contributed by atoms with Gasteiger partial charge in [0.15, 0.2) is 5.82 Å². The molecule has 4 rings (SSSR count). The summed E-state index contributed by atoms with van der Waals surface area (Å²) in [6, 6.07) is 9.54. The first kappa shape index (κ1) is 15.2. The molecule has 2 aromatic carbocycles. The quantitative estimate of drug-likeness (QED) is 0.533. The summed E-state index contributed by atoms with van der Waals surface area (Å²) >= 11 is 0. The first-order chi connectivity index (χ1) is 12.2. The molecule has 2 aromatic heterocycles. The van der Waals surface area contributed by atoms with Gasteiger partial charge in [0.05, 0.1) is 11.2 Å². The molecule has 0 aliphatic carbocycles. The Morgan fingerprint density at radius 3 is 2.60 bits per heavy atom. The lowest BCUT2D eigenvalue weighted by Crippen LogP contribution is -1.99. The molecule has 25 heavy (non-hydrogen) atoms. The van der Waals surface area contributed by atoms with Crippen LogP contribution < -0.4 is 0 Å². The van der Waals surface area contributed by atoms with E-state index in [9.17, 15) is 8.78 Å². The molecular weight excluding hydrogens is 324 g/mol. The molecule has 2 heterocycles. The van der Waals surface area contributed by atoms with Crippen LogP contribution in [0.25, 0.3) is 28.1 Å². The molecule has 7 heteroatoms. The molecular formula is C18H13F2N5. The number of hydrogen-bond acceptors (Lipinski definition) is 3. The average Bonchev–Trinajstić information content (AvgIpc) is 3.25. The van der Waals surface area contributed by atoms with Gasteiger partial charge >= 0.3 is 0 Å². The summed E-state index contributed by atoms with van der Waals surface area (Å²) in [6.45, 7) is 4.10. The van der Waals surface area contributed by atoms with Crippen LogP contribution in [0.4, 0.5) is 8.78 Å². The van der Waals surface area contributed by atoms with E-state index in [2.05, 4.69) is 21.6 Å². The van der Waals surface area contributed by atoms with Gasteiger partial charge in [-0.25, -0.2) is 23.4 Å². The lowest BCUT2D eigenvalue weighted by molar-refractivity contribution is 0.590. The number of nitrogens with zero attached hydrogens (tertiary/aromatic N) is 5. The second-order valence-electron chi connectivity index (χ2n) is 5.48. The van der Waals surface area contributed by atoms with Crippen molar-refractivity contribution in [3.8, 4) is 17.1 Å². The molecule has 0 aliphatic heterocycles. The zero-order valence-electron chi connectivity index (χ0n) is 13.1. The Hall–Kier alpha value is -3.35. The Morgan fingerprint density at radius 1 is 1.12 bits per heavy atom. The Morgan fingerprint density at radius 2 is 1.92 bits per heavy atom. The smallest absolute Gasteiger partial charge is 0.153 e. The highest BCUT2D eigenvalue weighted by Crippen LogP contribution is 2.28. The Bertz CT molecular complexity index is 1050. The van der Waals surface area contributed by atoms with E-state index >= 15 is 0 Å². The molecule has 5 nitrogen and oxygen atoms in total. The molecule has 0 aliphatic rings. The van der Waals surface area contributed by atoms with Crippen molar-refractivity contribution < 1.29 is 8.78 Å². The number of imidazole rings is 1. The molecule has 0 amide bonds. The van der Waals surface area contributed by atoms with Crippen molar-refractivity contribution in [2.75, 3.05) is 0 Å². The fourth-order valence-electron chi connectivity index (χ4n) is 2.79. The van der Waals surface area contributed by atoms with Crippen LogP contribution in [-0.2, 0) is 6.54 Å². The molecule has 0 saturated carbocycles. The van der Waals surface area contributed by atoms with Crippen molar-refractivity contribution in [1.82, 2.24) is 24.3 Å². The van der Waals surface area contributed by atoms with Gasteiger partial charge < -0.3 is 4.57 Å². The highest BCUT2D eigenvalue weighted by Gasteiger charge is 2.16. The number of aromatic nitrogens is 5. The fourth-order valence-corrected chi connectivity index (χ4v) is 2.79. The summed E-state index contributed by atoms with van der Waals surface area (Å²) in [6.07, 6.45) is 4.71. The van der Waals surface area contributed by atoms with E-state index in [1.807, 2.05) is 24.3 Å². The molecule has 0 radical (unpaired) electrons. The molecule has 0 unspecified atom stereocenters. The van der Waals surface area contributed by atoms with E-state index in [-0.39, 0.29) is 5.52 Å². The SMILES string of the molecule is C=CCn1c(-c2ccc(-n3cncn3)cc2)nc2c(F)cc(F)cc21. The molecule has 0 bridgehead atoms. The third kappa shape index (κ3) is 2.59. The van der Waals surface area contributed by atoms with Gasteiger partial charge in [-0.3, -0.25) is 0 Å². The van der Waals surface area contributed by atoms with Gasteiger partial charge in [0, 0.05) is 18.2 Å². The topological polar surface area (TPSA) is 48.5 Å². The minimum atomic E-state index is -0.682. The van der Waals surface area contributed by atoms with E-state index in [4.69, 9.17) is 0 Å². The van der Waals surface area contributed by atoms with Crippen LogP contribution in [0.1, 0.15) is 0 Å². The van der Waals surface area contributed by atoms with Crippen LogP contribution in [0.3, 0.4) is 0 Å². The third-order valence-corrected chi connectivity index (χ3v) is 3.89. The monoisotopic (exact) mass is 337 g/mol. The first-order valence-corrected chi connectivity index (χ1v) is 7.59. The Balaban J connectivity index is 1.87. The van der Waals surface area contributed by atoms with E-state index in [0.717, 1.165) is 17.3 Å². The summed E-state index contributed by atoms with van der Waals surface area (Å²) in [4.78, 5) is 8.28. The third-order valence-electron chi connectivity index (χ3n) is 3.89. The summed E-state index contributed by atoms with van der Waals surface area (Å²) in [7, 11) is 0. The van der Waals surface area contributed by atoms with E-state index in [1.165, 1.54) is 12.4 Å². The van der Waals surface area contributed by atoms with Crippen LogP contribution in [-0.4, -0.2) is 24.3 Å². The predicted molar refractivity (Wildman–Crippen MR) is 90.2 cm³/mol. The van der Waals surface area contributed by atoms with Crippen molar-refractivity contribution in [2.45, 2.75) is 6.54 Å². The van der Waals surface area contributed by atoms with Crippen molar-refractivity contribution in [1.29, 1.82) is 0 Å². The lowest BCUT2D eigenvalue weighted by Gasteiger charge is -2.07. The number of halogens is 2. The van der Waals surface area contributed by atoms with E-state index in [1.54, 1.807) is 21.7 Å². The molecule has 124 valence electrons. The van der Waals surface area contributed by atoms with Gasteiger partial charge in [0.25, 0.3) is 0 Å². The minimum Gasteiger partial charge on any atom is -0.320 e. The Labute approximate surface area is 141 Å². The van der Waals surface area contributed by atoms with Crippen molar-refractivity contribution in [3.63, 3.8) is 0 Å². The zero-order chi connectivity index (χ0) is 17.4. The zero-order valence-corrected chi connectivity index (χ0v) is 13.1. The van der Waals surface area contributed by atoms with Gasteiger partial charge in [-0.15, -0.1) is 6.58 Å². The van der Waals surface area contributed by atoms with Crippen molar-refractivity contribution >= 4 is 11.0 Å². The summed E-state index contributed by atoms with van der Waals surface area (Å²) in [5, 5.41) is 4.07. The van der Waals surface area contributed by atoms with Gasteiger partial charge in [0.2, 0.25) is 0 Å². The van der Waals surface area contributed by atoms with Crippen molar-refractivity contribution in [2.24, 2.45) is 0 Å². The van der Waals surface area contributed by atoms with Crippen LogP contribution in [0.15, 0.2) is 61.7 Å². The predicted octanol–water partition coefficient (Wildman–Crippen LogP) is 3.75. The maximum atomic E-state index is 14.1. The van der Waals surface area contributed by atoms with Gasteiger partial charge in [-0.1, -0.05) is 6.08 Å². The van der Waals surface area contributed by atoms with Crippen LogP contribution >= 0.6 is 0 Å². The molecule has 0 spiro atoms. The molecule has 4 aromatic rings. The first-order valence-electron chi connectivity index (χ1n) is 7.59. The number of rotatable bonds is 4. The van der Waals surface area contributed by atoms with Gasteiger partial charge in [0.1, 0.15) is 29.8 Å². The number of hydrogen-bond donors (Lipinski definition) is 0. The number of fused-ring (bicyclic) bond motifs is 1. The minimum absolute atomic E-state index is 0.138. The van der Waals surface area contributed by atoms with E-state index in [0.29, 0.717) is 17.9 Å². The van der Waals surface area contributed by atoms with Crippen LogP contribution in [0, 0.1) is 11.6 Å². The molecule has 0 fully saturated rings. The molecule has 0 N–H and O–H groups in total. The fraction of sp³-hybridized carbons (Fsp3) is 0.0556. The highest BCUT2D eigenvalue weighted by atomic mass is 19.1. The largest absolute Gasteiger partial charge is 0.320 e. The highest BCUT2D eigenvalue weighted by molar-refractivity contribution is 5.81. The maximum absolute atomic E-state index is 14.1. The summed E-state index contributed by atoms with van der Waals surface area (Å²) in [5.41, 5.74) is 2.15. The summed E-state index contributed by atoms with van der Waals surface area (Å²) < 4.78 is 31.1. The summed E-state index contributed by atoms with van der Waals surface area (Å²) in [5.74, 6) is -0.772. The van der Waals surface area contributed by atoms with E-state index < -0.39 is 11.6 Å². The normalized spacial score (nSPS) is 11.1. The van der Waals surface area contributed by atoms with Gasteiger partial charge in [-0.05, 0) is 30.3 Å². The standard InChI is InChI=1S/C18H13F2N5/c1-2-7-24-16-9-13(19)8-15(20)17(16)23-18(24)12-3-5-14(6-4-12)25-11-21-10-22-25/h2-6,8-11H,1,7H2.